The zero-order chi connectivity index (χ0) is 8.97. The van der Waals surface area contributed by atoms with Gasteiger partial charge in [-0.25, -0.2) is 4.39 Å². The average Bonchev–Trinajstić information content (AvgIpc) is 2.17. The Balaban J connectivity index is 2.46. The fourth-order valence-electron chi connectivity index (χ4n) is 1.34. The number of amides is 1. The highest BCUT2D eigenvalue weighted by Gasteiger charge is 2.15. The van der Waals surface area contributed by atoms with Crippen LogP contribution in [0.1, 0.15) is 19.8 Å². The summed E-state index contributed by atoms with van der Waals surface area (Å²) in [6.45, 7) is 2.50. The van der Waals surface area contributed by atoms with Crippen molar-refractivity contribution in [2.24, 2.45) is 0 Å². The van der Waals surface area contributed by atoms with Crippen LogP contribution < -0.4 is 0 Å². The van der Waals surface area contributed by atoms with Gasteiger partial charge in [0.1, 0.15) is 0 Å². The van der Waals surface area contributed by atoms with Gasteiger partial charge < -0.3 is 4.90 Å². The van der Waals surface area contributed by atoms with Crippen LogP contribution in [0.25, 0.3) is 0 Å². The summed E-state index contributed by atoms with van der Waals surface area (Å²) in [6.07, 6.45) is 3.97. The van der Waals surface area contributed by atoms with Crippen molar-refractivity contribution in [1.82, 2.24) is 4.90 Å². The number of nitrogens with zero attached hydrogens (tertiary/aromatic N) is 1. The average molecular weight is 171 g/mol. The van der Waals surface area contributed by atoms with E-state index in [1.165, 1.54) is 5.57 Å². The Hall–Kier alpha value is -0.860. The summed E-state index contributed by atoms with van der Waals surface area (Å²) in [5, 5.41) is 0. The summed E-state index contributed by atoms with van der Waals surface area (Å²) >= 11 is 0. The van der Waals surface area contributed by atoms with Gasteiger partial charge >= 0.3 is 0 Å². The third kappa shape index (κ3) is 2.06. The molecule has 68 valence electrons. The van der Waals surface area contributed by atoms with Gasteiger partial charge in [-0.3, -0.25) is 4.79 Å². The van der Waals surface area contributed by atoms with Gasteiger partial charge in [0.15, 0.2) is 6.67 Å². The number of carbonyl (C=O) groups is 1. The van der Waals surface area contributed by atoms with Gasteiger partial charge in [0.25, 0.3) is 5.91 Å². The second kappa shape index (κ2) is 4.24. The van der Waals surface area contributed by atoms with Crippen LogP contribution in [-0.2, 0) is 4.79 Å². The molecule has 0 N–H and O–H groups in total. The lowest BCUT2D eigenvalue weighted by Crippen LogP contribution is -2.35. The Labute approximate surface area is 72.1 Å². The standard InChI is InChI=1S/C9H14FNO/c1-2-8-3-5-11(6-4-8)9(12)7-10/h3H,2,4-7H2,1H3. The van der Waals surface area contributed by atoms with Gasteiger partial charge in [-0.15, -0.1) is 0 Å². The zero-order valence-electron chi connectivity index (χ0n) is 7.35. The van der Waals surface area contributed by atoms with E-state index >= 15 is 0 Å². The molecular weight excluding hydrogens is 157 g/mol. The summed E-state index contributed by atoms with van der Waals surface area (Å²) in [5.41, 5.74) is 1.37. The molecule has 0 fully saturated rings. The van der Waals surface area contributed by atoms with E-state index in [0.717, 1.165) is 12.8 Å². The minimum Gasteiger partial charge on any atom is -0.336 e. The van der Waals surface area contributed by atoms with E-state index in [1.54, 1.807) is 4.90 Å². The van der Waals surface area contributed by atoms with E-state index in [-0.39, 0.29) is 5.91 Å². The Kier molecular flexibility index (Phi) is 3.26. The third-order valence-electron chi connectivity index (χ3n) is 2.22. The summed E-state index contributed by atoms with van der Waals surface area (Å²) < 4.78 is 11.9. The number of alkyl halides is 1. The maximum absolute atomic E-state index is 11.9. The number of rotatable bonds is 2. The predicted octanol–water partition coefficient (Wildman–Crippen LogP) is 1.52. The highest BCUT2D eigenvalue weighted by Crippen LogP contribution is 2.13. The highest BCUT2D eigenvalue weighted by atomic mass is 19.1. The van der Waals surface area contributed by atoms with Gasteiger partial charge in [0.05, 0.1) is 0 Å². The molecule has 2 nitrogen and oxygen atoms in total. The summed E-state index contributed by atoms with van der Waals surface area (Å²) in [5.74, 6) is -0.388. The lowest BCUT2D eigenvalue weighted by Gasteiger charge is -2.25. The smallest absolute Gasteiger partial charge is 0.254 e. The van der Waals surface area contributed by atoms with Gasteiger partial charge in [-0.2, -0.15) is 0 Å². The van der Waals surface area contributed by atoms with Crippen molar-refractivity contribution in [1.29, 1.82) is 0 Å². The first-order valence-electron chi connectivity index (χ1n) is 4.29. The molecule has 12 heavy (non-hydrogen) atoms. The summed E-state index contributed by atoms with van der Waals surface area (Å²) in [7, 11) is 0. The highest BCUT2D eigenvalue weighted by molar-refractivity contribution is 5.77. The molecule has 0 bridgehead atoms. The minimum absolute atomic E-state index is 0.388. The van der Waals surface area contributed by atoms with Crippen molar-refractivity contribution in [3.63, 3.8) is 0 Å². The molecule has 0 unspecified atom stereocenters. The number of hydrogen-bond donors (Lipinski definition) is 0. The lowest BCUT2D eigenvalue weighted by atomic mass is 10.1. The summed E-state index contributed by atoms with van der Waals surface area (Å²) in [6, 6.07) is 0. The van der Waals surface area contributed by atoms with Crippen molar-refractivity contribution in [3.8, 4) is 0 Å². The Morgan fingerprint density at radius 2 is 2.50 bits per heavy atom. The van der Waals surface area contributed by atoms with E-state index in [9.17, 15) is 9.18 Å². The molecule has 0 saturated carbocycles. The molecule has 1 aliphatic rings. The quantitative estimate of drug-likeness (QED) is 0.577. The Morgan fingerprint density at radius 1 is 1.75 bits per heavy atom. The Morgan fingerprint density at radius 3 is 2.92 bits per heavy atom. The number of carbonyl (C=O) groups excluding carboxylic acids is 1. The van der Waals surface area contributed by atoms with Crippen LogP contribution in [0.3, 0.4) is 0 Å². The van der Waals surface area contributed by atoms with Crippen LogP contribution in [-0.4, -0.2) is 30.6 Å². The van der Waals surface area contributed by atoms with Crippen LogP contribution in [0.2, 0.25) is 0 Å². The molecule has 1 heterocycles. The van der Waals surface area contributed by atoms with Crippen LogP contribution in [0.5, 0.6) is 0 Å². The second-order valence-electron chi connectivity index (χ2n) is 2.94. The molecule has 0 atom stereocenters. The second-order valence-corrected chi connectivity index (χ2v) is 2.94. The zero-order valence-corrected chi connectivity index (χ0v) is 7.35. The lowest BCUT2D eigenvalue weighted by molar-refractivity contribution is -0.131. The largest absolute Gasteiger partial charge is 0.336 e. The first-order valence-corrected chi connectivity index (χ1v) is 4.29. The summed E-state index contributed by atoms with van der Waals surface area (Å²) in [4.78, 5) is 12.4. The van der Waals surface area contributed by atoms with Gasteiger partial charge in [0, 0.05) is 13.1 Å². The van der Waals surface area contributed by atoms with Gasteiger partial charge in [-0.05, 0) is 12.8 Å². The first-order chi connectivity index (χ1) is 5.77. The van der Waals surface area contributed by atoms with E-state index in [4.69, 9.17) is 0 Å². The van der Waals surface area contributed by atoms with Gasteiger partial charge in [0.2, 0.25) is 0 Å². The van der Waals surface area contributed by atoms with E-state index in [2.05, 4.69) is 6.92 Å². The molecule has 0 aromatic rings. The molecule has 3 heteroatoms. The normalized spacial score (nSPS) is 17.5. The van der Waals surface area contributed by atoms with E-state index in [1.807, 2.05) is 6.08 Å². The van der Waals surface area contributed by atoms with Crippen molar-refractivity contribution in [2.75, 3.05) is 19.8 Å². The molecule has 0 radical (unpaired) electrons. The Bertz CT molecular complexity index is 201. The third-order valence-corrected chi connectivity index (χ3v) is 2.22. The van der Waals surface area contributed by atoms with E-state index < -0.39 is 6.67 Å². The van der Waals surface area contributed by atoms with Crippen LogP contribution in [0.4, 0.5) is 4.39 Å². The SMILES string of the molecule is CCC1=CCN(C(=O)CF)CC1. The molecule has 1 rings (SSSR count). The molecule has 0 aromatic carbocycles. The molecule has 0 aliphatic carbocycles. The molecule has 1 aliphatic heterocycles. The maximum atomic E-state index is 11.9. The van der Waals surface area contributed by atoms with Crippen molar-refractivity contribution in [2.45, 2.75) is 19.8 Å². The number of hydrogen-bond acceptors (Lipinski definition) is 1. The molecular formula is C9H14FNO. The van der Waals surface area contributed by atoms with Crippen molar-refractivity contribution >= 4 is 5.91 Å². The molecule has 0 aromatic heterocycles. The van der Waals surface area contributed by atoms with Crippen molar-refractivity contribution in [3.05, 3.63) is 11.6 Å². The predicted molar refractivity (Wildman–Crippen MR) is 45.5 cm³/mol. The van der Waals surface area contributed by atoms with E-state index in [0.29, 0.717) is 13.1 Å². The molecule has 0 saturated heterocycles. The van der Waals surface area contributed by atoms with Crippen molar-refractivity contribution < 1.29 is 9.18 Å². The molecule has 1 amide bonds. The van der Waals surface area contributed by atoms with Crippen LogP contribution >= 0.6 is 0 Å². The van der Waals surface area contributed by atoms with Crippen LogP contribution in [0.15, 0.2) is 11.6 Å². The van der Waals surface area contributed by atoms with Gasteiger partial charge in [-0.1, -0.05) is 18.6 Å². The first kappa shape index (κ1) is 9.23. The fraction of sp³-hybridized carbons (Fsp3) is 0.667. The topological polar surface area (TPSA) is 20.3 Å². The minimum atomic E-state index is -0.866. The fourth-order valence-corrected chi connectivity index (χ4v) is 1.34. The maximum Gasteiger partial charge on any atom is 0.254 e. The van der Waals surface area contributed by atoms with Crippen LogP contribution in [0, 0.1) is 0 Å². The monoisotopic (exact) mass is 171 g/mol. The molecule has 0 spiro atoms. The number of halogens is 1.